The van der Waals surface area contributed by atoms with Gasteiger partial charge < -0.3 is 15.5 Å². The SMILES string of the molecule is CCCCCCCCNc1cccc(C(=O)O)c1O. The van der Waals surface area contributed by atoms with E-state index in [9.17, 15) is 9.90 Å². The zero-order valence-corrected chi connectivity index (χ0v) is 11.5. The van der Waals surface area contributed by atoms with Gasteiger partial charge in [-0.1, -0.05) is 45.1 Å². The number of unbranched alkanes of at least 4 members (excludes halogenated alkanes) is 5. The van der Waals surface area contributed by atoms with E-state index in [1.807, 2.05) is 0 Å². The number of carbonyl (C=O) groups is 1. The second-order valence-corrected chi connectivity index (χ2v) is 4.70. The zero-order valence-electron chi connectivity index (χ0n) is 11.5. The Labute approximate surface area is 114 Å². The van der Waals surface area contributed by atoms with Gasteiger partial charge in [-0.3, -0.25) is 0 Å². The minimum Gasteiger partial charge on any atom is -0.505 e. The van der Waals surface area contributed by atoms with Gasteiger partial charge >= 0.3 is 5.97 Å². The quantitative estimate of drug-likeness (QED) is 0.468. The molecule has 0 radical (unpaired) electrons. The highest BCUT2D eigenvalue weighted by atomic mass is 16.4. The first-order valence-electron chi connectivity index (χ1n) is 6.96. The summed E-state index contributed by atoms with van der Waals surface area (Å²) in [6.45, 7) is 2.95. The maximum absolute atomic E-state index is 10.9. The predicted molar refractivity (Wildman–Crippen MR) is 76.9 cm³/mol. The van der Waals surface area contributed by atoms with Crippen LogP contribution in [0.2, 0.25) is 0 Å². The highest BCUT2D eigenvalue weighted by Crippen LogP contribution is 2.27. The third-order valence-electron chi connectivity index (χ3n) is 3.11. The molecule has 0 bridgehead atoms. The van der Waals surface area contributed by atoms with Crippen LogP contribution in [0.5, 0.6) is 5.75 Å². The molecule has 106 valence electrons. The van der Waals surface area contributed by atoms with E-state index in [2.05, 4.69) is 12.2 Å². The highest BCUT2D eigenvalue weighted by Gasteiger charge is 2.12. The normalized spacial score (nSPS) is 10.4. The molecule has 19 heavy (non-hydrogen) atoms. The summed E-state index contributed by atoms with van der Waals surface area (Å²) < 4.78 is 0. The Morgan fingerprint density at radius 2 is 1.84 bits per heavy atom. The minimum absolute atomic E-state index is 0.0621. The lowest BCUT2D eigenvalue weighted by Crippen LogP contribution is -2.04. The minimum atomic E-state index is -1.11. The lowest BCUT2D eigenvalue weighted by molar-refractivity contribution is 0.0694. The number of para-hydroxylation sites is 1. The molecule has 0 heterocycles. The lowest BCUT2D eigenvalue weighted by Gasteiger charge is -2.09. The second-order valence-electron chi connectivity index (χ2n) is 4.70. The van der Waals surface area contributed by atoms with Crippen LogP contribution >= 0.6 is 0 Å². The molecule has 0 aliphatic heterocycles. The van der Waals surface area contributed by atoms with Crippen molar-refractivity contribution in [1.82, 2.24) is 0 Å². The molecule has 0 amide bonds. The van der Waals surface area contributed by atoms with E-state index in [0.29, 0.717) is 5.69 Å². The fourth-order valence-corrected chi connectivity index (χ4v) is 1.99. The molecule has 0 saturated carbocycles. The molecule has 1 aromatic carbocycles. The first-order chi connectivity index (χ1) is 9.16. The molecular formula is C15H23NO3. The third-order valence-corrected chi connectivity index (χ3v) is 3.11. The molecule has 0 atom stereocenters. The van der Waals surface area contributed by atoms with Gasteiger partial charge in [-0.15, -0.1) is 0 Å². The summed E-state index contributed by atoms with van der Waals surface area (Å²) in [7, 11) is 0. The molecule has 0 aliphatic rings. The summed E-state index contributed by atoms with van der Waals surface area (Å²) in [5.74, 6) is -1.29. The van der Waals surface area contributed by atoms with E-state index >= 15 is 0 Å². The Balaban J connectivity index is 2.33. The predicted octanol–water partition coefficient (Wildman–Crippen LogP) is 3.86. The summed E-state index contributed by atoms with van der Waals surface area (Å²) in [5.41, 5.74) is 0.432. The van der Waals surface area contributed by atoms with Crippen LogP contribution in [0, 0.1) is 0 Å². The van der Waals surface area contributed by atoms with Gasteiger partial charge in [-0.2, -0.15) is 0 Å². The number of aromatic carboxylic acids is 1. The maximum Gasteiger partial charge on any atom is 0.339 e. The van der Waals surface area contributed by atoms with Gasteiger partial charge in [0.05, 0.1) is 5.69 Å². The van der Waals surface area contributed by atoms with Crippen LogP contribution in [0.1, 0.15) is 55.8 Å². The van der Waals surface area contributed by atoms with Crippen molar-refractivity contribution in [2.45, 2.75) is 45.4 Å². The van der Waals surface area contributed by atoms with Gasteiger partial charge in [0.2, 0.25) is 0 Å². The molecule has 0 aromatic heterocycles. The van der Waals surface area contributed by atoms with Crippen molar-refractivity contribution in [3.05, 3.63) is 23.8 Å². The van der Waals surface area contributed by atoms with Crippen molar-refractivity contribution in [2.75, 3.05) is 11.9 Å². The molecular weight excluding hydrogens is 242 g/mol. The van der Waals surface area contributed by atoms with E-state index in [4.69, 9.17) is 5.11 Å². The fourth-order valence-electron chi connectivity index (χ4n) is 1.99. The van der Waals surface area contributed by atoms with Gasteiger partial charge in [-0.25, -0.2) is 4.79 Å². The Bertz CT molecular complexity index is 404. The molecule has 3 N–H and O–H groups in total. The van der Waals surface area contributed by atoms with E-state index in [1.165, 1.54) is 31.7 Å². The third kappa shape index (κ3) is 5.20. The van der Waals surface area contributed by atoms with Crippen LogP contribution in [0.25, 0.3) is 0 Å². The molecule has 4 nitrogen and oxygen atoms in total. The first kappa shape index (κ1) is 15.3. The number of nitrogens with one attached hydrogen (secondary N) is 1. The maximum atomic E-state index is 10.9. The number of anilines is 1. The van der Waals surface area contributed by atoms with Crippen LogP contribution in [-0.2, 0) is 0 Å². The van der Waals surface area contributed by atoms with Crippen LogP contribution in [0.15, 0.2) is 18.2 Å². The average molecular weight is 265 g/mol. The van der Waals surface area contributed by atoms with Crippen LogP contribution in [0.4, 0.5) is 5.69 Å². The molecule has 0 saturated heterocycles. The zero-order chi connectivity index (χ0) is 14.1. The number of hydrogen-bond acceptors (Lipinski definition) is 3. The Hall–Kier alpha value is -1.71. The number of carboxylic acid groups (broad SMARTS) is 1. The average Bonchev–Trinajstić information content (AvgIpc) is 2.39. The summed E-state index contributed by atoms with van der Waals surface area (Å²) in [6.07, 6.45) is 7.22. The van der Waals surface area contributed by atoms with Gasteiger partial charge in [0.25, 0.3) is 0 Å². The van der Waals surface area contributed by atoms with Crippen molar-refractivity contribution < 1.29 is 15.0 Å². The lowest BCUT2D eigenvalue weighted by atomic mass is 10.1. The molecule has 0 fully saturated rings. The first-order valence-corrected chi connectivity index (χ1v) is 6.96. The van der Waals surface area contributed by atoms with Gasteiger partial charge in [0.15, 0.2) is 5.75 Å². The van der Waals surface area contributed by atoms with Crippen molar-refractivity contribution >= 4 is 11.7 Å². The molecule has 0 aliphatic carbocycles. The number of benzene rings is 1. The van der Waals surface area contributed by atoms with Crippen molar-refractivity contribution in [3.63, 3.8) is 0 Å². The Morgan fingerprint density at radius 1 is 1.16 bits per heavy atom. The van der Waals surface area contributed by atoms with Crippen LogP contribution < -0.4 is 5.32 Å². The van der Waals surface area contributed by atoms with Gasteiger partial charge in [0.1, 0.15) is 5.56 Å². The molecule has 0 unspecified atom stereocenters. The summed E-state index contributed by atoms with van der Waals surface area (Å²) in [4.78, 5) is 10.9. The Kier molecular flexibility index (Phi) is 6.79. The standard InChI is InChI=1S/C15H23NO3/c1-2-3-4-5-6-7-11-16-13-10-8-9-12(14(13)17)15(18)19/h8-10,16-17H,2-7,11H2,1H3,(H,18,19). The Morgan fingerprint density at radius 3 is 2.53 bits per heavy atom. The summed E-state index contributed by atoms with van der Waals surface area (Å²) in [6, 6.07) is 4.72. The summed E-state index contributed by atoms with van der Waals surface area (Å²) in [5, 5.41) is 21.8. The molecule has 1 aromatic rings. The van der Waals surface area contributed by atoms with Crippen molar-refractivity contribution in [3.8, 4) is 5.75 Å². The van der Waals surface area contributed by atoms with Crippen molar-refractivity contribution in [2.24, 2.45) is 0 Å². The van der Waals surface area contributed by atoms with Crippen molar-refractivity contribution in [1.29, 1.82) is 0 Å². The van der Waals surface area contributed by atoms with E-state index in [-0.39, 0.29) is 11.3 Å². The smallest absolute Gasteiger partial charge is 0.339 e. The van der Waals surface area contributed by atoms with Gasteiger partial charge in [-0.05, 0) is 18.6 Å². The van der Waals surface area contributed by atoms with Crippen LogP contribution in [0.3, 0.4) is 0 Å². The number of carboxylic acids is 1. The molecule has 0 spiro atoms. The molecule has 4 heteroatoms. The summed E-state index contributed by atoms with van der Waals surface area (Å²) >= 11 is 0. The van der Waals surface area contributed by atoms with E-state index in [1.54, 1.807) is 12.1 Å². The number of rotatable bonds is 9. The topological polar surface area (TPSA) is 69.6 Å². The monoisotopic (exact) mass is 265 g/mol. The van der Waals surface area contributed by atoms with E-state index in [0.717, 1.165) is 19.4 Å². The molecule has 1 rings (SSSR count). The van der Waals surface area contributed by atoms with Crippen LogP contribution in [-0.4, -0.2) is 22.7 Å². The largest absolute Gasteiger partial charge is 0.505 e. The number of hydrogen-bond donors (Lipinski definition) is 3. The highest BCUT2D eigenvalue weighted by molar-refractivity contribution is 5.93. The second kappa shape index (κ2) is 8.40. The van der Waals surface area contributed by atoms with Gasteiger partial charge in [0, 0.05) is 6.54 Å². The fraction of sp³-hybridized carbons (Fsp3) is 0.533. The number of aromatic hydroxyl groups is 1. The number of phenols is 1. The van der Waals surface area contributed by atoms with E-state index < -0.39 is 5.97 Å².